The van der Waals surface area contributed by atoms with Crippen molar-refractivity contribution in [2.75, 3.05) is 0 Å². The van der Waals surface area contributed by atoms with Gasteiger partial charge in [0.05, 0.1) is 5.76 Å². The third-order valence-electron chi connectivity index (χ3n) is 3.08. The lowest BCUT2D eigenvalue weighted by Gasteiger charge is -2.10. The lowest BCUT2D eigenvalue weighted by Crippen LogP contribution is -1.97. The van der Waals surface area contributed by atoms with Crippen LogP contribution in [0.4, 0.5) is 0 Å². The van der Waals surface area contributed by atoms with Crippen LogP contribution in [0.2, 0.25) is 0 Å². The van der Waals surface area contributed by atoms with E-state index >= 15 is 0 Å². The average molecular weight is 232 g/mol. The lowest BCUT2D eigenvalue weighted by molar-refractivity contribution is 0.198. The first-order valence-corrected chi connectivity index (χ1v) is 5.36. The van der Waals surface area contributed by atoms with Crippen LogP contribution in [-0.4, -0.2) is 10.2 Å². The number of hydrogen-bond acceptors (Lipinski definition) is 4. The summed E-state index contributed by atoms with van der Waals surface area (Å²) in [4.78, 5) is 0. The largest absolute Gasteiger partial charge is 0.504 e. The van der Waals surface area contributed by atoms with Crippen LogP contribution in [0.1, 0.15) is 23.8 Å². The zero-order valence-electron chi connectivity index (χ0n) is 9.57. The Labute approximate surface area is 97.7 Å². The van der Waals surface area contributed by atoms with Gasteiger partial charge in [-0.05, 0) is 19.9 Å². The molecular formula is C13H12O4. The van der Waals surface area contributed by atoms with E-state index < -0.39 is 0 Å². The zero-order valence-corrected chi connectivity index (χ0v) is 9.57. The van der Waals surface area contributed by atoms with Gasteiger partial charge in [-0.2, -0.15) is 0 Å². The summed E-state index contributed by atoms with van der Waals surface area (Å²) >= 11 is 0. The highest BCUT2D eigenvalue weighted by Crippen LogP contribution is 2.40. The molecule has 1 aromatic carbocycles. The molecule has 1 aliphatic rings. The summed E-state index contributed by atoms with van der Waals surface area (Å²) in [5.41, 5.74) is 2.05. The Morgan fingerprint density at radius 2 is 2.00 bits per heavy atom. The normalized spacial score (nSPS) is 14.4. The van der Waals surface area contributed by atoms with Crippen molar-refractivity contribution in [1.29, 1.82) is 0 Å². The van der Waals surface area contributed by atoms with E-state index in [0.717, 1.165) is 22.5 Å². The number of rotatable bonds is 0. The van der Waals surface area contributed by atoms with Gasteiger partial charge in [-0.15, -0.1) is 0 Å². The molecule has 88 valence electrons. The van der Waals surface area contributed by atoms with Crippen LogP contribution in [0.3, 0.4) is 0 Å². The molecular weight excluding hydrogens is 220 g/mol. The van der Waals surface area contributed by atoms with Gasteiger partial charge in [-0.1, -0.05) is 0 Å². The summed E-state index contributed by atoms with van der Waals surface area (Å²) in [5, 5.41) is 20.1. The number of phenols is 2. The van der Waals surface area contributed by atoms with Gasteiger partial charge in [-0.3, -0.25) is 0 Å². The molecule has 4 heteroatoms. The van der Waals surface area contributed by atoms with Crippen molar-refractivity contribution < 1.29 is 19.4 Å². The molecule has 0 spiro atoms. The van der Waals surface area contributed by atoms with E-state index in [1.165, 1.54) is 6.07 Å². The monoisotopic (exact) mass is 232 g/mol. The van der Waals surface area contributed by atoms with Crippen molar-refractivity contribution in [3.8, 4) is 11.5 Å². The maximum atomic E-state index is 9.66. The molecule has 0 saturated heterocycles. The molecule has 2 aromatic rings. The predicted molar refractivity (Wildman–Crippen MR) is 62.7 cm³/mol. The van der Waals surface area contributed by atoms with Crippen LogP contribution < -0.4 is 0 Å². The quantitative estimate of drug-likeness (QED) is 0.685. The van der Waals surface area contributed by atoms with E-state index in [-0.39, 0.29) is 11.5 Å². The van der Waals surface area contributed by atoms with Crippen LogP contribution in [0.5, 0.6) is 11.5 Å². The number of hydrogen-bond donors (Lipinski definition) is 2. The van der Waals surface area contributed by atoms with Gasteiger partial charge in [0.1, 0.15) is 18.0 Å². The minimum absolute atomic E-state index is 0.134. The van der Waals surface area contributed by atoms with Crippen LogP contribution in [-0.2, 0) is 11.3 Å². The van der Waals surface area contributed by atoms with E-state index in [9.17, 15) is 10.2 Å². The molecule has 1 aliphatic heterocycles. The van der Waals surface area contributed by atoms with E-state index in [0.29, 0.717) is 17.8 Å². The van der Waals surface area contributed by atoms with E-state index in [4.69, 9.17) is 9.15 Å². The molecule has 2 N–H and O–H groups in total. The second-order valence-corrected chi connectivity index (χ2v) is 4.23. The van der Waals surface area contributed by atoms with Crippen LogP contribution in [0.25, 0.3) is 17.0 Å². The highest BCUT2D eigenvalue weighted by Gasteiger charge is 2.21. The first-order chi connectivity index (χ1) is 8.08. The topological polar surface area (TPSA) is 62.8 Å². The Balaban J connectivity index is 2.40. The molecule has 0 bridgehead atoms. The van der Waals surface area contributed by atoms with Gasteiger partial charge in [0.15, 0.2) is 11.5 Å². The number of benzene rings is 1. The molecule has 0 radical (unpaired) electrons. The van der Waals surface area contributed by atoms with E-state index in [2.05, 4.69) is 0 Å². The molecule has 0 saturated carbocycles. The Bertz CT molecular complexity index is 649. The number of allylic oxidation sites excluding steroid dienone is 1. The van der Waals surface area contributed by atoms with Gasteiger partial charge >= 0.3 is 0 Å². The number of furan rings is 1. The van der Waals surface area contributed by atoms with Crippen molar-refractivity contribution in [2.45, 2.75) is 20.5 Å². The number of aromatic hydroxyl groups is 2. The molecule has 4 nitrogen and oxygen atoms in total. The second kappa shape index (κ2) is 3.20. The lowest BCUT2D eigenvalue weighted by atomic mass is 10.1. The first-order valence-electron chi connectivity index (χ1n) is 5.36. The molecule has 0 atom stereocenters. The van der Waals surface area contributed by atoms with Gasteiger partial charge in [0, 0.05) is 22.6 Å². The first kappa shape index (κ1) is 10.1. The van der Waals surface area contributed by atoms with Gasteiger partial charge in [0.2, 0.25) is 0 Å². The zero-order chi connectivity index (χ0) is 12.2. The van der Waals surface area contributed by atoms with Crippen molar-refractivity contribution in [3.63, 3.8) is 0 Å². The average Bonchev–Trinajstić information content (AvgIpc) is 2.64. The Kier molecular flexibility index (Phi) is 1.90. The Morgan fingerprint density at radius 1 is 1.24 bits per heavy atom. The molecule has 3 rings (SSSR count). The molecule has 17 heavy (non-hydrogen) atoms. The number of fused-ring (bicyclic) bond motifs is 3. The SMILES string of the molecule is CC1=Cc2oc3c(C)c(O)c(O)cc3c2CO1. The highest BCUT2D eigenvalue weighted by molar-refractivity contribution is 5.90. The Hall–Kier alpha value is -2.10. The predicted octanol–water partition coefficient (Wildman–Crippen LogP) is 3.04. The van der Waals surface area contributed by atoms with Crippen molar-refractivity contribution in [2.24, 2.45) is 0 Å². The summed E-state index contributed by atoms with van der Waals surface area (Å²) in [6, 6.07) is 1.51. The summed E-state index contributed by atoms with van der Waals surface area (Å²) in [5.74, 6) is 1.26. The fraction of sp³-hybridized carbons (Fsp3) is 0.231. The van der Waals surface area contributed by atoms with E-state index in [1.54, 1.807) is 6.92 Å². The fourth-order valence-corrected chi connectivity index (χ4v) is 2.11. The number of ether oxygens (including phenoxy) is 1. The maximum Gasteiger partial charge on any atom is 0.164 e. The summed E-state index contributed by atoms with van der Waals surface area (Å²) in [6.07, 6.45) is 1.81. The van der Waals surface area contributed by atoms with Gasteiger partial charge in [-0.25, -0.2) is 0 Å². The molecule has 2 heterocycles. The number of aryl methyl sites for hydroxylation is 1. The van der Waals surface area contributed by atoms with Crippen LogP contribution in [0.15, 0.2) is 16.2 Å². The maximum absolute atomic E-state index is 9.66. The molecule has 1 aromatic heterocycles. The van der Waals surface area contributed by atoms with Gasteiger partial charge < -0.3 is 19.4 Å². The molecule has 0 fully saturated rings. The molecule has 0 amide bonds. The van der Waals surface area contributed by atoms with Crippen molar-refractivity contribution in [3.05, 3.63) is 28.7 Å². The van der Waals surface area contributed by atoms with Crippen LogP contribution in [0, 0.1) is 6.92 Å². The summed E-state index contributed by atoms with van der Waals surface area (Å²) in [6.45, 7) is 4.00. The van der Waals surface area contributed by atoms with Crippen LogP contribution >= 0.6 is 0 Å². The second-order valence-electron chi connectivity index (χ2n) is 4.23. The summed E-state index contributed by atoms with van der Waals surface area (Å²) < 4.78 is 11.1. The van der Waals surface area contributed by atoms with Gasteiger partial charge in [0.25, 0.3) is 0 Å². The van der Waals surface area contributed by atoms with Crippen molar-refractivity contribution in [1.82, 2.24) is 0 Å². The standard InChI is InChI=1S/C13H12O4/c1-6-3-11-9(5-16-6)8-4-10(14)12(15)7(2)13(8)17-11/h3-4,14-15H,5H2,1-2H3. The van der Waals surface area contributed by atoms with Crippen molar-refractivity contribution >= 4 is 17.0 Å². The molecule has 0 aliphatic carbocycles. The molecule has 0 unspecified atom stereocenters. The fourth-order valence-electron chi connectivity index (χ4n) is 2.11. The summed E-state index contributed by atoms with van der Waals surface area (Å²) in [7, 11) is 0. The van der Waals surface area contributed by atoms with E-state index in [1.807, 2.05) is 13.0 Å². The Morgan fingerprint density at radius 3 is 2.76 bits per heavy atom. The third kappa shape index (κ3) is 1.30. The highest BCUT2D eigenvalue weighted by atomic mass is 16.5. The third-order valence-corrected chi connectivity index (χ3v) is 3.08. The minimum Gasteiger partial charge on any atom is -0.504 e. The number of phenolic OH excluding ortho intramolecular Hbond substituents is 2. The smallest absolute Gasteiger partial charge is 0.164 e. The minimum atomic E-state index is -0.134.